The second-order valence-electron chi connectivity index (χ2n) is 5.32. The van der Waals surface area contributed by atoms with Crippen molar-refractivity contribution in [1.82, 2.24) is 4.98 Å². The Kier molecular flexibility index (Phi) is 4.50. The molecule has 0 radical (unpaired) electrons. The van der Waals surface area contributed by atoms with E-state index >= 15 is 0 Å². The Balaban J connectivity index is 2.44. The normalized spacial score (nSPS) is 10.8. The smallest absolute Gasteiger partial charge is 0.340 e. The van der Waals surface area contributed by atoms with Crippen LogP contribution in [0, 0.1) is 0 Å². The van der Waals surface area contributed by atoms with Crippen LogP contribution < -0.4 is 5.56 Å². The first-order valence-electron chi connectivity index (χ1n) is 7.47. The standard InChI is InChI=1S/C18H14BrNO5/c1-2-25-18(24)15-12-7-11(21)8-13(22)14(12)17(23)20-16(15)9-3-5-10(19)6-4-9/h3-8,21-22H,2H2,1H3,(H,20,23). The molecule has 0 atom stereocenters. The van der Waals surface area contributed by atoms with Crippen molar-refractivity contribution in [2.75, 3.05) is 6.61 Å². The van der Waals surface area contributed by atoms with Crippen LogP contribution in [-0.4, -0.2) is 27.8 Å². The van der Waals surface area contributed by atoms with Gasteiger partial charge >= 0.3 is 5.97 Å². The van der Waals surface area contributed by atoms with Gasteiger partial charge in [-0.05, 0) is 30.7 Å². The molecular weight excluding hydrogens is 390 g/mol. The number of pyridine rings is 1. The van der Waals surface area contributed by atoms with Gasteiger partial charge in [0.1, 0.15) is 11.5 Å². The fraction of sp³-hybridized carbons (Fsp3) is 0.111. The minimum Gasteiger partial charge on any atom is -0.508 e. The number of aromatic hydroxyl groups is 2. The minimum absolute atomic E-state index is 0.0740. The van der Waals surface area contributed by atoms with Crippen molar-refractivity contribution in [2.24, 2.45) is 0 Å². The molecule has 0 aliphatic rings. The molecule has 2 aromatic carbocycles. The molecule has 128 valence electrons. The van der Waals surface area contributed by atoms with E-state index in [4.69, 9.17) is 4.74 Å². The molecule has 3 aromatic rings. The number of hydrogen-bond donors (Lipinski definition) is 3. The van der Waals surface area contributed by atoms with Crippen LogP contribution in [-0.2, 0) is 4.74 Å². The number of benzene rings is 2. The molecule has 0 unspecified atom stereocenters. The highest BCUT2D eigenvalue weighted by molar-refractivity contribution is 9.10. The topological polar surface area (TPSA) is 99.6 Å². The molecule has 0 saturated heterocycles. The van der Waals surface area contributed by atoms with Gasteiger partial charge in [-0.25, -0.2) is 4.79 Å². The molecule has 3 rings (SSSR count). The molecule has 1 heterocycles. The lowest BCUT2D eigenvalue weighted by molar-refractivity contribution is 0.0529. The average molecular weight is 404 g/mol. The highest BCUT2D eigenvalue weighted by Crippen LogP contribution is 2.34. The molecule has 0 amide bonds. The number of phenols is 2. The maximum absolute atomic E-state index is 12.5. The summed E-state index contributed by atoms with van der Waals surface area (Å²) in [6.07, 6.45) is 0. The number of aromatic nitrogens is 1. The van der Waals surface area contributed by atoms with Gasteiger partial charge in [0.15, 0.2) is 0 Å². The SMILES string of the molecule is CCOC(=O)c1c(-c2ccc(Br)cc2)[nH]c(=O)c2c(O)cc(O)cc12. The Labute approximate surface area is 150 Å². The number of H-pyrrole nitrogens is 1. The number of halogens is 1. The number of carbonyl (C=O) groups is 1. The number of rotatable bonds is 3. The van der Waals surface area contributed by atoms with E-state index in [2.05, 4.69) is 20.9 Å². The zero-order valence-corrected chi connectivity index (χ0v) is 14.8. The predicted octanol–water partition coefficient (Wildman–Crippen LogP) is 3.55. The molecule has 0 aliphatic heterocycles. The average Bonchev–Trinajstić information content (AvgIpc) is 2.54. The minimum atomic E-state index is -0.660. The van der Waals surface area contributed by atoms with Crippen LogP contribution in [0.1, 0.15) is 17.3 Å². The molecule has 25 heavy (non-hydrogen) atoms. The number of ether oxygens (including phenoxy) is 1. The molecule has 6 nitrogen and oxygen atoms in total. The molecule has 0 saturated carbocycles. The lowest BCUT2D eigenvalue weighted by Gasteiger charge is -2.13. The van der Waals surface area contributed by atoms with Crippen LogP contribution in [0.15, 0.2) is 45.7 Å². The van der Waals surface area contributed by atoms with Crippen molar-refractivity contribution in [2.45, 2.75) is 6.92 Å². The summed E-state index contributed by atoms with van der Waals surface area (Å²) in [5.74, 6) is -1.33. The summed E-state index contributed by atoms with van der Waals surface area (Å²) in [7, 11) is 0. The number of hydrogen-bond acceptors (Lipinski definition) is 5. The van der Waals surface area contributed by atoms with Gasteiger partial charge in [-0.15, -0.1) is 0 Å². The lowest BCUT2D eigenvalue weighted by Crippen LogP contribution is -2.16. The molecule has 0 spiro atoms. The summed E-state index contributed by atoms with van der Waals surface area (Å²) in [5.41, 5.74) is 0.352. The quantitative estimate of drug-likeness (QED) is 0.580. The van der Waals surface area contributed by atoms with Gasteiger partial charge in [-0.2, -0.15) is 0 Å². The van der Waals surface area contributed by atoms with E-state index in [-0.39, 0.29) is 34.4 Å². The van der Waals surface area contributed by atoms with Crippen LogP contribution in [0.5, 0.6) is 11.5 Å². The van der Waals surface area contributed by atoms with Gasteiger partial charge in [-0.3, -0.25) is 4.79 Å². The number of nitrogens with one attached hydrogen (secondary N) is 1. The summed E-state index contributed by atoms with van der Waals surface area (Å²) in [5, 5.41) is 19.9. The van der Waals surface area contributed by atoms with Gasteiger partial charge in [0, 0.05) is 15.9 Å². The molecular formula is C18H14BrNO5. The van der Waals surface area contributed by atoms with Gasteiger partial charge in [0.05, 0.1) is 23.3 Å². The predicted molar refractivity (Wildman–Crippen MR) is 97.0 cm³/mol. The van der Waals surface area contributed by atoms with Crippen molar-refractivity contribution in [1.29, 1.82) is 0 Å². The Hall–Kier alpha value is -2.80. The summed E-state index contributed by atoms with van der Waals surface area (Å²) in [6.45, 7) is 1.81. The Morgan fingerprint density at radius 1 is 1.20 bits per heavy atom. The fourth-order valence-corrected chi connectivity index (χ4v) is 2.93. The fourth-order valence-electron chi connectivity index (χ4n) is 2.67. The number of aromatic amines is 1. The molecule has 0 bridgehead atoms. The molecule has 7 heteroatoms. The van der Waals surface area contributed by atoms with E-state index in [1.54, 1.807) is 31.2 Å². The van der Waals surface area contributed by atoms with Crippen LogP contribution in [0.4, 0.5) is 0 Å². The van der Waals surface area contributed by atoms with Crippen molar-refractivity contribution in [3.8, 4) is 22.8 Å². The van der Waals surface area contributed by atoms with E-state index in [0.717, 1.165) is 10.5 Å². The van der Waals surface area contributed by atoms with Gasteiger partial charge in [0.2, 0.25) is 0 Å². The lowest BCUT2D eigenvalue weighted by atomic mass is 9.99. The maximum atomic E-state index is 12.5. The first-order chi connectivity index (χ1) is 11.9. The van der Waals surface area contributed by atoms with E-state index in [9.17, 15) is 19.8 Å². The Morgan fingerprint density at radius 2 is 1.88 bits per heavy atom. The third-order valence-corrected chi connectivity index (χ3v) is 4.23. The number of fused-ring (bicyclic) bond motifs is 1. The third kappa shape index (κ3) is 3.10. The number of carbonyl (C=O) groups excluding carboxylic acids is 1. The zero-order valence-electron chi connectivity index (χ0n) is 13.2. The highest BCUT2D eigenvalue weighted by Gasteiger charge is 2.22. The molecule has 0 fully saturated rings. The monoisotopic (exact) mass is 403 g/mol. The Bertz CT molecular complexity index is 1020. The molecule has 1 aromatic heterocycles. The molecule has 0 aliphatic carbocycles. The summed E-state index contributed by atoms with van der Waals surface area (Å²) in [6, 6.07) is 9.31. The van der Waals surface area contributed by atoms with Crippen LogP contribution in [0.2, 0.25) is 0 Å². The first kappa shape index (κ1) is 17.0. The third-order valence-electron chi connectivity index (χ3n) is 3.70. The van der Waals surface area contributed by atoms with Crippen LogP contribution in [0.3, 0.4) is 0 Å². The second kappa shape index (κ2) is 6.60. The van der Waals surface area contributed by atoms with Crippen LogP contribution in [0.25, 0.3) is 22.0 Å². The number of esters is 1. The zero-order chi connectivity index (χ0) is 18.1. The first-order valence-corrected chi connectivity index (χ1v) is 8.26. The van der Waals surface area contributed by atoms with Gasteiger partial charge < -0.3 is 19.9 Å². The van der Waals surface area contributed by atoms with Gasteiger partial charge in [-0.1, -0.05) is 28.1 Å². The summed E-state index contributed by atoms with van der Waals surface area (Å²) >= 11 is 3.33. The van der Waals surface area contributed by atoms with Crippen LogP contribution >= 0.6 is 15.9 Å². The van der Waals surface area contributed by atoms with E-state index < -0.39 is 17.3 Å². The Morgan fingerprint density at radius 3 is 2.52 bits per heavy atom. The summed E-state index contributed by atoms with van der Waals surface area (Å²) in [4.78, 5) is 27.6. The largest absolute Gasteiger partial charge is 0.508 e. The highest BCUT2D eigenvalue weighted by atomic mass is 79.9. The van der Waals surface area contributed by atoms with Crippen molar-refractivity contribution in [3.05, 3.63) is 56.8 Å². The summed E-state index contributed by atoms with van der Waals surface area (Å²) < 4.78 is 5.95. The van der Waals surface area contributed by atoms with E-state index in [1.807, 2.05) is 0 Å². The van der Waals surface area contributed by atoms with Gasteiger partial charge in [0.25, 0.3) is 5.56 Å². The second-order valence-corrected chi connectivity index (χ2v) is 6.23. The van der Waals surface area contributed by atoms with E-state index in [1.165, 1.54) is 6.07 Å². The van der Waals surface area contributed by atoms with E-state index in [0.29, 0.717) is 5.56 Å². The maximum Gasteiger partial charge on any atom is 0.340 e. The van der Waals surface area contributed by atoms with Crippen molar-refractivity contribution >= 4 is 32.7 Å². The molecule has 3 N–H and O–H groups in total. The van der Waals surface area contributed by atoms with Crippen molar-refractivity contribution in [3.63, 3.8) is 0 Å². The number of phenolic OH excluding ortho intramolecular Hbond substituents is 2. The van der Waals surface area contributed by atoms with Crippen molar-refractivity contribution < 1.29 is 19.7 Å².